The Hall–Kier alpha value is -6.32. The van der Waals surface area contributed by atoms with E-state index in [1.165, 1.54) is 12.1 Å². The van der Waals surface area contributed by atoms with Gasteiger partial charge in [0.25, 0.3) is 11.5 Å². The Balaban J connectivity index is 0.000000309. The minimum Gasteiger partial charge on any atom is -0.871 e. The third-order valence-electron chi connectivity index (χ3n) is 8.18. The van der Waals surface area contributed by atoms with Crippen LogP contribution in [0.25, 0.3) is 27.6 Å². The van der Waals surface area contributed by atoms with E-state index in [9.17, 15) is 63.4 Å². The first-order valence-electron chi connectivity index (χ1n) is 15.8. The molecule has 23 heteroatoms. The van der Waals surface area contributed by atoms with Gasteiger partial charge in [-0.15, -0.1) is 10.2 Å². The van der Waals surface area contributed by atoms with Crippen LogP contribution in [0.3, 0.4) is 0 Å². The summed E-state index contributed by atoms with van der Waals surface area (Å²) < 4.78 is 34.8. The molecule has 0 aliphatic heterocycles. The standard InChI is InChI=1S/C20H13N3O7S.C16H8N4O6.Cr.Na/c24-16-8-5-11-3-1-2-4-13(11)19(16)21-22-20-14-7-6-12(23(26)27)9-15(14)18(10-17(20)25)31(28,29)30;21-14-6-5-9-3-1-2-4-11(9)15(14)18-17-12-7-10(19(23)24)8-13(16(12)22)20(25)26;;/h1-10,24-25H,(H,28,29,30);1-8H;;/q;-2;+3;+1/p-2. The number of nitro benzene ring substituents is 1. The Morgan fingerprint density at radius 2 is 1.37 bits per heavy atom. The van der Waals surface area contributed by atoms with Gasteiger partial charge in [0.05, 0.1) is 26.1 Å². The Morgan fingerprint density at radius 3 is 2.03 bits per heavy atom. The van der Waals surface area contributed by atoms with Crippen LogP contribution in [0.15, 0.2) is 140 Å². The third-order valence-corrected chi connectivity index (χ3v) is 9.05. The largest absolute Gasteiger partial charge is 3.00 e. The number of hydroxylamine groups is 2. The molecule has 1 radical (unpaired) electrons. The molecule has 20 nitrogen and oxygen atoms in total. The molecule has 2 aliphatic carbocycles. The van der Waals surface area contributed by atoms with Gasteiger partial charge < -0.3 is 30.4 Å². The topological polar surface area (TPSA) is 323 Å². The molecule has 0 aromatic heterocycles. The molecule has 0 saturated heterocycles. The minimum atomic E-state index is -5.11. The monoisotopic (exact) mass is 864 g/mol. The molecule has 0 unspecified atom stereocenters. The first-order chi connectivity index (χ1) is 27.0. The SMILES string of the molecule is O=C1C=Cc2ccccc2C1=NN=C1C=C(N([O-])[O-])C=C([N+](=O)[O-])C1=O.O=[N+]([O-])c1ccc2c(N=Nc3c([O-])ccc4ccccc34)c([O-])cc(S(=O)(=O)[O-])c2c1.[Cr+3].[H+].[Na+]. The zero-order valence-electron chi connectivity index (χ0n) is 30.6. The summed E-state index contributed by atoms with van der Waals surface area (Å²) in [5, 5.41) is 83.5. The Bertz CT molecular complexity index is 2900. The number of hydrogen-bond donors (Lipinski definition) is 0. The van der Waals surface area contributed by atoms with E-state index in [0.717, 1.165) is 24.3 Å². The van der Waals surface area contributed by atoms with Gasteiger partial charge in [-0.25, -0.2) is 8.42 Å². The fourth-order valence-electron chi connectivity index (χ4n) is 5.54. The molecular formula is C36H19CrN7NaO13S. The number of hydrogen-bond acceptors (Lipinski definition) is 18. The first kappa shape index (κ1) is 45.4. The molecule has 7 rings (SSSR count). The van der Waals surface area contributed by atoms with Crippen molar-refractivity contribution in [2.45, 2.75) is 4.90 Å². The maximum Gasteiger partial charge on any atom is 3.00 e. The summed E-state index contributed by atoms with van der Waals surface area (Å²) >= 11 is 0. The quantitative estimate of drug-likeness (QED) is 0.0563. The fourth-order valence-corrected chi connectivity index (χ4v) is 6.23. The molecular weight excluding hydrogens is 845 g/mol. The normalized spacial score (nSPS) is 14.8. The summed E-state index contributed by atoms with van der Waals surface area (Å²) in [6.07, 6.45) is 4.19. The average molecular weight is 865 g/mol. The molecule has 2 aliphatic rings. The summed E-state index contributed by atoms with van der Waals surface area (Å²) in [5.41, 5.74) is -2.04. The number of nitro groups is 2. The number of benzene rings is 5. The van der Waals surface area contributed by atoms with Crippen LogP contribution in [-0.2, 0) is 37.1 Å². The predicted octanol–water partition coefficient (Wildman–Crippen LogP) is 1.83. The van der Waals surface area contributed by atoms with Crippen LogP contribution in [0.1, 0.15) is 12.6 Å². The van der Waals surface area contributed by atoms with Crippen LogP contribution in [-0.4, -0.2) is 51.0 Å². The predicted molar refractivity (Wildman–Crippen MR) is 198 cm³/mol. The maximum atomic E-state index is 12.5. The fraction of sp³-hybridized carbons (Fsp3) is 0. The summed E-state index contributed by atoms with van der Waals surface area (Å²) in [6, 6.07) is 20.1. The zero-order chi connectivity index (χ0) is 41.2. The van der Waals surface area contributed by atoms with Crippen molar-refractivity contribution in [3.63, 3.8) is 0 Å². The molecule has 0 atom stereocenters. The molecule has 0 saturated carbocycles. The molecule has 289 valence electrons. The molecule has 0 amide bonds. The van der Waals surface area contributed by atoms with Crippen molar-refractivity contribution in [2.24, 2.45) is 20.4 Å². The number of azo groups is 1. The molecule has 0 spiro atoms. The first-order valence-corrected chi connectivity index (χ1v) is 17.2. The minimum absolute atomic E-state index is 0. The number of allylic oxidation sites excluding steroid dienone is 4. The number of fused-ring (bicyclic) bond motifs is 3. The van der Waals surface area contributed by atoms with Crippen LogP contribution in [0.4, 0.5) is 17.1 Å². The molecule has 0 N–H and O–H groups in total. The Labute approximate surface area is 365 Å². The molecule has 5 aromatic carbocycles. The molecule has 0 bridgehead atoms. The van der Waals surface area contributed by atoms with Crippen molar-refractivity contribution in [3.05, 3.63) is 156 Å². The second kappa shape index (κ2) is 18.5. The number of nitrogens with zero attached hydrogens (tertiary/aromatic N) is 7. The van der Waals surface area contributed by atoms with Gasteiger partial charge in [-0.2, -0.15) is 10.2 Å². The van der Waals surface area contributed by atoms with Gasteiger partial charge in [0.15, 0.2) is 0 Å². The second-order valence-electron chi connectivity index (χ2n) is 11.7. The van der Waals surface area contributed by atoms with Crippen LogP contribution >= 0.6 is 0 Å². The van der Waals surface area contributed by atoms with Crippen molar-refractivity contribution in [1.82, 2.24) is 5.23 Å². The number of carbonyl (C=O) groups is 2. The summed E-state index contributed by atoms with van der Waals surface area (Å²) in [6.45, 7) is 0. The van der Waals surface area contributed by atoms with Gasteiger partial charge in [0, 0.05) is 45.6 Å². The third kappa shape index (κ3) is 9.70. The van der Waals surface area contributed by atoms with E-state index in [2.05, 4.69) is 20.4 Å². The van der Waals surface area contributed by atoms with Gasteiger partial charge in [0.1, 0.15) is 21.5 Å². The van der Waals surface area contributed by atoms with Gasteiger partial charge in [-0.1, -0.05) is 78.2 Å². The number of rotatable bonds is 7. The van der Waals surface area contributed by atoms with Gasteiger partial charge in [0.2, 0.25) is 5.78 Å². The van der Waals surface area contributed by atoms with Crippen molar-refractivity contribution in [3.8, 4) is 11.5 Å². The van der Waals surface area contributed by atoms with E-state index in [1.807, 2.05) is 0 Å². The molecule has 0 fully saturated rings. The van der Waals surface area contributed by atoms with Gasteiger partial charge in [-0.3, -0.25) is 29.8 Å². The Morgan fingerprint density at radius 1 is 0.712 bits per heavy atom. The van der Waals surface area contributed by atoms with Crippen molar-refractivity contribution in [1.29, 1.82) is 0 Å². The van der Waals surface area contributed by atoms with Crippen LogP contribution in [0.5, 0.6) is 11.5 Å². The van der Waals surface area contributed by atoms with Crippen LogP contribution in [0, 0.1) is 30.6 Å². The van der Waals surface area contributed by atoms with E-state index in [0.29, 0.717) is 34.0 Å². The number of Topliss-reactive ketones (excluding diaryl/α,β-unsaturated/α-hetero) is 1. The van der Waals surface area contributed by atoms with E-state index in [-0.39, 0.29) is 76.2 Å². The van der Waals surface area contributed by atoms with E-state index in [1.54, 1.807) is 60.7 Å². The van der Waals surface area contributed by atoms with Crippen molar-refractivity contribution < 1.29 is 91.0 Å². The van der Waals surface area contributed by atoms with Crippen LogP contribution in [0.2, 0.25) is 0 Å². The average Bonchev–Trinajstić information content (AvgIpc) is 3.17. The number of carbonyl (C=O) groups excluding carboxylic acids is 2. The summed E-state index contributed by atoms with van der Waals surface area (Å²) in [7, 11) is -5.11. The number of non-ortho nitro benzene ring substituents is 1. The van der Waals surface area contributed by atoms with E-state index in [4.69, 9.17) is 0 Å². The van der Waals surface area contributed by atoms with E-state index < -0.39 is 75.9 Å². The van der Waals surface area contributed by atoms with Crippen molar-refractivity contribution in [2.75, 3.05) is 0 Å². The maximum absolute atomic E-state index is 12.5. The summed E-state index contributed by atoms with van der Waals surface area (Å²) in [5.74, 6) is -2.99. The molecule has 5 aromatic rings. The van der Waals surface area contributed by atoms with E-state index >= 15 is 0 Å². The molecule has 59 heavy (non-hydrogen) atoms. The Kier molecular flexibility index (Phi) is 14.2. The van der Waals surface area contributed by atoms with Crippen LogP contribution < -0.4 is 39.8 Å². The van der Waals surface area contributed by atoms with Gasteiger partial charge >= 0.3 is 54.0 Å². The number of ketones is 2. The molecule has 0 heterocycles. The second-order valence-corrected chi connectivity index (χ2v) is 13.0. The smallest absolute Gasteiger partial charge is 0.871 e. The van der Waals surface area contributed by atoms with Crippen molar-refractivity contribution >= 4 is 77.8 Å². The zero-order valence-corrected chi connectivity index (χ0v) is 33.7. The van der Waals surface area contributed by atoms with Gasteiger partial charge in [-0.05, 0) is 35.2 Å². The summed E-state index contributed by atoms with van der Waals surface area (Å²) in [4.78, 5) is 43.4.